The monoisotopic (exact) mass is 361 g/mol. The molecule has 8 nitrogen and oxygen atoms in total. The van der Waals surface area contributed by atoms with Crippen LogP contribution in [-0.2, 0) is 25.9 Å². The van der Waals surface area contributed by atoms with E-state index >= 15 is 0 Å². The highest BCUT2D eigenvalue weighted by Gasteiger charge is 2.21. The molecule has 0 unspecified atom stereocenters. The predicted molar refractivity (Wildman–Crippen MR) is 97.2 cm³/mol. The second-order valence-corrected chi connectivity index (χ2v) is 6.78. The van der Waals surface area contributed by atoms with E-state index in [0.29, 0.717) is 24.6 Å². The Hall–Kier alpha value is -2.35. The molecule has 1 amide bonds. The van der Waals surface area contributed by atoms with Crippen molar-refractivity contribution < 1.29 is 9.21 Å². The Morgan fingerprint density at radius 1 is 1.38 bits per heavy atom. The molecular formula is C18H27N5O3. The van der Waals surface area contributed by atoms with Crippen LogP contribution < -0.4 is 16.7 Å². The van der Waals surface area contributed by atoms with Crippen LogP contribution in [0.25, 0.3) is 0 Å². The van der Waals surface area contributed by atoms with Crippen molar-refractivity contribution in [1.29, 1.82) is 0 Å². The third-order valence-corrected chi connectivity index (χ3v) is 5.03. The number of hydrogen-bond acceptors (Lipinski definition) is 5. The van der Waals surface area contributed by atoms with Gasteiger partial charge in [0, 0.05) is 24.9 Å². The molecule has 3 heterocycles. The standard InChI is InChI=1S/C18H27N5O3/c1-3-14-13(10-15(26-14)17(19)24)11-23-18(25)22(4-2)16(21-23)9-12-5-7-20-8-6-12/h10,12,20H,3-9,11H2,1-2H3,(H2,19,24). The first kappa shape index (κ1) is 18.4. The zero-order chi connectivity index (χ0) is 18.7. The molecule has 1 aliphatic rings. The summed E-state index contributed by atoms with van der Waals surface area (Å²) in [6, 6.07) is 1.62. The number of aromatic nitrogens is 3. The fourth-order valence-corrected chi connectivity index (χ4v) is 3.58. The Kier molecular flexibility index (Phi) is 5.61. The van der Waals surface area contributed by atoms with E-state index in [1.807, 2.05) is 13.8 Å². The number of carbonyl (C=O) groups is 1. The summed E-state index contributed by atoms with van der Waals surface area (Å²) in [7, 11) is 0. The summed E-state index contributed by atoms with van der Waals surface area (Å²) in [6.45, 7) is 6.81. The average molecular weight is 361 g/mol. The van der Waals surface area contributed by atoms with Gasteiger partial charge >= 0.3 is 5.69 Å². The summed E-state index contributed by atoms with van der Waals surface area (Å²) >= 11 is 0. The number of rotatable bonds is 7. The third kappa shape index (κ3) is 3.75. The molecule has 8 heteroatoms. The fourth-order valence-electron chi connectivity index (χ4n) is 3.58. The highest BCUT2D eigenvalue weighted by Crippen LogP contribution is 2.19. The van der Waals surface area contributed by atoms with Crippen molar-refractivity contribution in [3.8, 4) is 0 Å². The van der Waals surface area contributed by atoms with Crippen molar-refractivity contribution in [2.24, 2.45) is 11.7 Å². The Labute approximate surface area is 152 Å². The zero-order valence-corrected chi connectivity index (χ0v) is 15.5. The minimum absolute atomic E-state index is 0.120. The molecule has 1 aliphatic heterocycles. The summed E-state index contributed by atoms with van der Waals surface area (Å²) in [5, 5.41) is 7.95. The topological polar surface area (TPSA) is 108 Å². The summed E-state index contributed by atoms with van der Waals surface area (Å²) in [5.74, 6) is 1.56. The molecule has 0 saturated carbocycles. The fraction of sp³-hybridized carbons (Fsp3) is 0.611. The Morgan fingerprint density at radius 2 is 2.12 bits per heavy atom. The van der Waals surface area contributed by atoms with E-state index < -0.39 is 5.91 Å². The number of nitrogens with two attached hydrogens (primary N) is 1. The molecule has 3 rings (SSSR count). The van der Waals surface area contributed by atoms with Crippen molar-refractivity contribution in [2.45, 2.75) is 52.6 Å². The number of nitrogens with zero attached hydrogens (tertiary/aromatic N) is 3. The molecule has 1 saturated heterocycles. The summed E-state index contributed by atoms with van der Waals surface area (Å²) in [6.07, 6.45) is 3.65. The Morgan fingerprint density at radius 3 is 2.73 bits per heavy atom. The van der Waals surface area contributed by atoms with Gasteiger partial charge in [-0.15, -0.1) is 0 Å². The van der Waals surface area contributed by atoms with Crippen LogP contribution in [0.5, 0.6) is 0 Å². The largest absolute Gasteiger partial charge is 0.456 e. The van der Waals surface area contributed by atoms with Gasteiger partial charge in [0.25, 0.3) is 5.91 Å². The lowest BCUT2D eigenvalue weighted by Gasteiger charge is -2.21. The van der Waals surface area contributed by atoms with Crippen LogP contribution in [0.3, 0.4) is 0 Å². The first-order valence-electron chi connectivity index (χ1n) is 9.32. The van der Waals surface area contributed by atoms with Gasteiger partial charge in [0.05, 0.1) is 6.54 Å². The number of primary amides is 1. The third-order valence-electron chi connectivity index (χ3n) is 5.03. The van der Waals surface area contributed by atoms with Gasteiger partial charge in [-0.2, -0.15) is 5.10 Å². The van der Waals surface area contributed by atoms with Crippen molar-refractivity contribution in [3.05, 3.63) is 39.5 Å². The predicted octanol–water partition coefficient (Wildman–Crippen LogP) is 0.909. The molecule has 0 radical (unpaired) electrons. The lowest BCUT2D eigenvalue weighted by atomic mass is 9.94. The van der Waals surface area contributed by atoms with Gasteiger partial charge in [-0.05, 0) is 44.8 Å². The zero-order valence-electron chi connectivity index (χ0n) is 15.5. The Balaban J connectivity index is 1.86. The number of aryl methyl sites for hydroxylation is 1. The lowest BCUT2D eigenvalue weighted by molar-refractivity contribution is 0.0972. The maximum atomic E-state index is 12.7. The molecule has 142 valence electrons. The van der Waals surface area contributed by atoms with Crippen LogP contribution in [0.4, 0.5) is 0 Å². The quantitative estimate of drug-likeness (QED) is 0.762. The van der Waals surface area contributed by atoms with Crippen molar-refractivity contribution in [3.63, 3.8) is 0 Å². The van der Waals surface area contributed by atoms with E-state index in [9.17, 15) is 9.59 Å². The lowest BCUT2D eigenvalue weighted by Crippen LogP contribution is -2.30. The molecular weight excluding hydrogens is 334 g/mol. The number of carbonyl (C=O) groups excluding carboxylic acids is 1. The number of hydrogen-bond donors (Lipinski definition) is 2. The number of nitrogens with one attached hydrogen (secondary N) is 1. The van der Waals surface area contributed by atoms with Crippen molar-refractivity contribution in [1.82, 2.24) is 19.7 Å². The number of piperidine rings is 1. The van der Waals surface area contributed by atoms with Gasteiger partial charge in [-0.3, -0.25) is 9.36 Å². The maximum Gasteiger partial charge on any atom is 0.346 e. The first-order chi connectivity index (χ1) is 12.5. The smallest absolute Gasteiger partial charge is 0.346 e. The molecule has 0 spiro atoms. The van der Waals surface area contributed by atoms with E-state index in [4.69, 9.17) is 10.2 Å². The SMILES string of the molecule is CCc1oc(C(N)=O)cc1Cn1nc(CC2CCNCC2)n(CC)c1=O. The maximum absolute atomic E-state index is 12.7. The summed E-state index contributed by atoms with van der Waals surface area (Å²) in [5.41, 5.74) is 5.95. The minimum Gasteiger partial charge on any atom is -0.456 e. The summed E-state index contributed by atoms with van der Waals surface area (Å²) in [4.78, 5) is 24.1. The molecule has 2 aromatic heterocycles. The van der Waals surface area contributed by atoms with Crippen LogP contribution in [-0.4, -0.2) is 33.3 Å². The van der Waals surface area contributed by atoms with Gasteiger partial charge < -0.3 is 15.5 Å². The van der Waals surface area contributed by atoms with Crippen LogP contribution in [0.15, 0.2) is 15.3 Å². The molecule has 3 N–H and O–H groups in total. The molecule has 26 heavy (non-hydrogen) atoms. The molecule has 0 aliphatic carbocycles. The average Bonchev–Trinajstić information content (AvgIpc) is 3.17. The first-order valence-corrected chi connectivity index (χ1v) is 9.32. The van der Waals surface area contributed by atoms with Gasteiger partial charge in [0.2, 0.25) is 0 Å². The van der Waals surface area contributed by atoms with Gasteiger partial charge in [0.1, 0.15) is 11.6 Å². The minimum atomic E-state index is -0.607. The number of amides is 1. The molecule has 0 bridgehead atoms. The van der Waals surface area contributed by atoms with Gasteiger partial charge in [-0.1, -0.05) is 6.92 Å². The van der Waals surface area contributed by atoms with E-state index in [1.54, 1.807) is 10.6 Å². The highest BCUT2D eigenvalue weighted by atomic mass is 16.3. The van der Waals surface area contributed by atoms with Crippen LogP contribution in [0.1, 0.15) is 54.4 Å². The van der Waals surface area contributed by atoms with Crippen LogP contribution in [0, 0.1) is 5.92 Å². The molecule has 0 aromatic carbocycles. The van der Waals surface area contributed by atoms with E-state index in [1.165, 1.54) is 4.68 Å². The van der Waals surface area contributed by atoms with Gasteiger partial charge in [-0.25, -0.2) is 9.48 Å². The van der Waals surface area contributed by atoms with E-state index in [0.717, 1.165) is 43.7 Å². The second kappa shape index (κ2) is 7.90. The Bertz CT molecular complexity index is 826. The highest BCUT2D eigenvalue weighted by molar-refractivity contribution is 5.90. The molecule has 0 atom stereocenters. The van der Waals surface area contributed by atoms with Crippen molar-refractivity contribution >= 4 is 5.91 Å². The van der Waals surface area contributed by atoms with Crippen molar-refractivity contribution in [2.75, 3.05) is 13.1 Å². The summed E-state index contributed by atoms with van der Waals surface area (Å²) < 4.78 is 8.70. The normalized spacial score (nSPS) is 15.5. The van der Waals surface area contributed by atoms with E-state index in [2.05, 4.69) is 10.4 Å². The van der Waals surface area contributed by atoms with Crippen LogP contribution in [0.2, 0.25) is 0 Å². The second-order valence-electron chi connectivity index (χ2n) is 6.78. The molecule has 1 fully saturated rings. The number of furan rings is 1. The van der Waals surface area contributed by atoms with Crippen LogP contribution >= 0.6 is 0 Å². The van der Waals surface area contributed by atoms with E-state index in [-0.39, 0.29) is 18.0 Å². The molecule has 2 aromatic rings. The van der Waals surface area contributed by atoms with Gasteiger partial charge in [0.15, 0.2) is 5.76 Å².